The quantitative estimate of drug-likeness (QED) is 0.690. The van der Waals surface area contributed by atoms with E-state index in [2.05, 4.69) is 20.2 Å². The summed E-state index contributed by atoms with van der Waals surface area (Å²) in [4.78, 5) is 10.8. The molecular weight excluding hydrogens is 204 g/mol. The van der Waals surface area contributed by atoms with E-state index in [9.17, 15) is 0 Å². The Balaban J connectivity index is 2.53. The van der Waals surface area contributed by atoms with E-state index in [-0.39, 0.29) is 0 Å². The molecule has 1 rings (SSSR count). The van der Waals surface area contributed by atoms with E-state index in [0.29, 0.717) is 0 Å². The van der Waals surface area contributed by atoms with Gasteiger partial charge in [0.25, 0.3) is 0 Å². The van der Waals surface area contributed by atoms with E-state index in [4.69, 9.17) is 4.74 Å². The van der Waals surface area contributed by atoms with E-state index in [0.717, 1.165) is 37.6 Å². The van der Waals surface area contributed by atoms with Gasteiger partial charge in [0.2, 0.25) is 0 Å². The van der Waals surface area contributed by atoms with Crippen molar-refractivity contribution in [3.05, 3.63) is 18.1 Å². The third kappa shape index (κ3) is 4.12. The molecule has 0 unspecified atom stereocenters. The molecule has 0 aromatic carbocycles. The fraction of sp³-hybridized carbons (Fsp3) is 0.636. The predicted octanol–water partition coefficient (Wildman–Crippen LogP) is 0.669. The summed E-state index contributed by atoms with van der Waals surface area (Å²) in [5.74, 6) is 0.906. The second kappa shape index (κ2) is 7.14. The highest BCUT2D eigenvalue weighted by Crippen LogP contribution is 2.07. The molecule has 0 saturated heterocycles. The fourth-order valence-electron chi connectivity index (χ4n) is 1.41. The first-order valence-corrected chi connectivity index (χ1v) is 5.43. The second-order valence-electron chi connectivity index (χ2n) is 3.67. The van der Waals surface area contributed by atoms with Crippen LogP contribution >= 0.6 is 0 Å². The Kier molecular flexibility index (Phi) is 5.74. The third-order valence-corrected chi connectivity index (χ3v) is 2.26. The van der Waals surface area contributed by atoms with Gasteiger partial charge in [-0.05, 0) is 13.5 Å². The number of hydrogen-bond donors (Lipinski definition) is 1. The summed E-state index contributed by atoms with van der Waals surface area (Å²) < 4.78 is 5.02. The molecule has 0 spiro atoms. The molecule has 0 saturated carbocycles. The van der Waals surface area contributed by atoms with Crippen LogP contribution < -0.4 is 10.2 Å². The lowest BCUT2D eigenvalue weighted by atomic mass is 10.4. The summed E-state index contributed by atoms with van der Waals surface area (Å²) in [6.45, 7) is 2.44. The van der Waals surface area contributed by atoms with Gasteiger partial charge in [-0.2, -0.15) is 0 Å². The number of nitrogens with zero attached hydrogens (tertiary/aromatic N) is 3. The minimum absolute atomic E-state index is 0.743. The third-order valence-electron chi connectivity index (χ3n) is 2.26. The number of methoxy groups -OCH3 is 1. The van der Waals surface area contributed by atoms with Gasteiger partial charge >= 0.3 is 0 Å². The Labute approximate surface area is 96.8 Å². The Morgan fingerprint density at radius 1 is 1.44 bits per heavy atom. The van der Waals surface area contributed by atoms with Crippen molar-refractivity contribution in [1.29, 1.82) is 0 Å². The standard InChI is InChI=1S/C11H20N4O/c1-12-7-10-8-13-9-11(14-10)15(2)5-4-6-16-3/h8-9,12H,4-7H2,1-3H3. The zero-order valence-electron chi connectivity index (χ0n) is 10.2. The number of aromatic nitrogens is 2. The van der Waals surface area contributed by atoms with Crippen LogP contribution in [0.4, 0.5) is 5.82 Å². The van der Waals surface area contributed by atoms with Crippen molar-refractivity contribution < 1.29 is 4.74 Å². The van der Waals surface area contributed by atoms with Crippen LogP contribution in [0.15, 0.2) is 12.4 Å². The molecule has 0 radical (unpaired) electrons. The Hall–Kier alpha value is -1.20. The van der Waals surface area contributed by atoms with Gasteiger partial charge in [-0.3, -0.25) is 4.98 Å². The lowest BCUT2D eigenvalue weighted by Crippen LogP contribution is -2.22. The molecular formula is C11H20N4O. The highest BCUT2D eigenvalue weighted by atomic mass is 16.5. The maximum Gasteiger partial charge on any atom is 0.147 e. The Morgan fingerprint density at radius 3 is 2.94 bits per heavy atom. The van der Waals surface area contributed by atoms with Gasteiger partial charge in [0.1, 0.15) is 5.82 Å². The topological polar surface area (TPSA) is 50.3 Å². The van der Waals surface area contributed by atoms with E-state index in [1.807, 2.05) is 14.1 Å². The number of hydrogen-bond acceptors (Lipinski definition) is 5. The van der Waals surface area contributed by atoms with Crippen molar-refractivity contribution in [3.63, 3.8) is 0 Å². The molecule has 5 heteroatoms. The van der Waals surface area contributed by atoms with E-state index < -0.39 is 0 Å². The monoisotopic (exact) mass is 224 g/mol. The first-order valence-electron chi connectivity index (χ1n) is 5.43. The molecule has 1 heterocycles. The molecule has 1 aromatic heterocycles. The molecule has 0 aliphatic heterocycles. The highest BCUT2D eigenvalue weighted by molar-refractivity contribution is 5.34. The van der Waals surface area contributed by atoms with Gasteiger partial charge in [-0.1, -0.05) is 0 Å². The van der Waals surface area contributed by atoms with Crippen LogP contribution in [0.2, 0.25) is 0 Å². The van der Waals surface area contributed by atoms with Crippen LogP contribution in [0.1, 0.15) is 12.1 Å². The van der Waals surface area contributed by atoms with Crippen LogP contribution in [0.3, 0.4) is 0 Å². The maximum absolute atomic E-state index is 5.02. The SMILES string of the molecule is CNCc1cncc(N(C)CCCOC)n1. The minimum Gasteiger partial charge on any atom is -0.385 e. The summed E-state index contributed by atoms with van der Waals surface area (Å²) in [6.07, 6.45) is 4.56. The number of ether oxygens (including phenoxy) is 1. The number of anilines is 1. The predicted molar refractivity (Wildman–Crippen MR) is 64.6 cm³/mol. The molecule has 5 nitrogen and oxygen atoms in total. The van der Waals surface area contributed by atoms with Gasteiger partial charge in [0.05, 0.1) is 11.9 Å². The molecule has 16 heavy (non-hydrogen) atoms. The lowest BCUT2D eigenvalue weighted by molar-refractivity contribution is 0.196. The summed E-state index contributed by atoms with van der Waals surface area (Å²) in [6, 6.07) is 0. The van der Waals surface area contributed by atoms with Gasteiger partial charge in [0.15, 0.2) is 0 Å². The smallest absolute Gasteiger partial charge is 0.147 e. The van der Waals surface area contributed by atoms with Crippen LogP contribution in [0, 0.1) is 0 Å². The van der Waals surface area contributed by atoms with Crippen LogP contribution in [0.5, 0.6) is 0 Å². The molecule has 1 N–H and O–H groups in total. The largest absolute Gasteiger partial charge is 0.385 e. The van der Waals surface area contributed by atoms with Crippen LogP contribution in [-0.2, 0) is 11.3 Å². The van der Waals surface area contributed by atoms with Crippen LogP contribution in [-0.4, -0.2) is 44.3 Å². The molecule has 0 atom stereocenters. The molecule has 0 amide bonds. The summed E-state index contributed by atoms with van der Waals surface area (Å²) in [5, 5.41) is 3.06. The zero-order chi connectivity index (χ0) is 11.8. The van der Waals surface area contributed by atoms with Crippen molar-refractivity contribution >= 4 is 5.82 Å². The molecule has 0 aliphatic rings. The lowest BCUT2D eigenvalue weighted by Gasteiger charge is -2.17. The summed E-state index contributed by atoms with van der Waals surface area (Å²) in [5.41, 5.74) is 0.957. The molecule has 0 fully saturated rings. The number of rotatable bonds is 7. The Morgan fingerprint density at radius 2 is 2.25 bits per heavy atom. The first-order chi connectivity index (χ1) is 7.77. The second-order valence-corrected chi connectivity index (χ2v) is 3.67. The summed E-state index contributed by atoms with van der Waals surface area (Å²) >= 11 is 0. The number of nitrogens with one attached hydrogen (secondary N) is 1. The van der Waals surface area contributed by atoms with Crippen LogP contribution in [0.25, 0.3) is 0 Å². The normalized spacial score (nSPS) is 10.4. The first kappa shape index (κ1) is 12.9. The fourth-order valence-corrected chi connectivity index (χ4v) is 1.41. The average molecular weight is 224 g/mol. The Bertz CT molecular complexity index is 306. The maximum atomic E-state index is 5.02. The van der Waals surface area contributed by atoms with E-state index >= 15 is 0 Å². The zero-order valence-corrected chi connectivity index (χ0v) is 10.2. The van der Waals surface area contributed by atoms with Crippen molar-refractivity contribution in [2.75, 3.05) is 39.3 Å². The van der Waals surface area contributed by atoms with Crippen molar-refractivity contribution in [1.82, 2.24) is 15.3 Å². The molecule has 90 valence electrons. The van der Waals surface area contributed by atoms with Gasteiger partial charge in [-0.25, -0.2) is 4.98 Å². The summed E-state index contributed by atoms with van der Waals surface area (Å²) in [7, 11) is 5.63. The minimum atomic E-state index is 0.743. The van der Waals surface area contributed by atoms with Crippen molar-refractivity contribution in [2.45, 2.75) is 13.0 Å². The van der Waals surface area contributed by atoms with Gasteiger partial charge in [-0.15, -0.1) is 0 Å². The average Bonchev–Trinajstić information content (AvgIpc) is 2.30. The highest BCUT2D eigenvalue weighted by Gasteiger charge is 2.03. The van der Waals surface area contributed by atoms with Crippen molar-refractivity contribution in [2.24, 2.45) is 0 Å². The molecule has 1 aromatic rings. The van der Waals surface area contributed by atoms with E-state index in [1.54, 1.807) is 19.5 Å². The van der Waals surface area contributed by atoms with E-state index in [1.165, 1.54) is 0 Å². The molecule has 0 bridgehead atoms. The van der Waals surface area contributed by atoms with Gasteiger partial charge in [0, 0.05) is 40.1 Å². The molecule has 0 aliphatic carbocycles. The van der Waals surface area contributed by atoms with Gasteiger partial charge < -0.3 is 15.0 Å². The van der Waals surface area contributed by atoms with Crippen molar-refractivity contribution in [3.8, 4) is 0 Å².